The number of carbonyl (C=O) groups excluding carboxylic acids is 1. The fraction of sp³-hybridized carbons (Fsp3) is 0.474. The normalized spacial score (nSPS) is 15.9. The van der Waals surface area contributed by atoms with Crippen LogP contribution in [0.2, 0.25) is 0 Å². The second-order valence-corrected chi connectivity index (χ2v) is 8.76. The molecule has 0 saturated carbocycles. The van der Waals surface area contributed by atoms with Crippen molar-refractivity contribution in [3.05, 3.63) is 46.8 Å². The van der Waals surface area contributed by atoms with Crippen LogP contribution in [0.15, 0.2) is 29.2 Å². The number of nitrogens with zero attached hydrogens (tertiary/aromatic N) is 4. The number of hydrogen-bond donors (Lipinski definition) is 0. The lowest BCUT2D eigenvalue weighted by molar-refractivity contribution is 0.0697. The molecular formula is C19H26N4O3S. The summed E-state index contributed by atoms with van der Waals surface area (Å²) in [7, 11) is -3.62. The van der Waals surface area contributed by atoms with Crippen molar-refractivity contribution in [1.82, 2.24) is 19.0 Å². The van der Waals surface area contributed by atoms with Gasteiger partial charge in [0, 0.05) is 38.3 Å². The molecule has 1 aliphatic rings. The largest absolute Gasteiger partial charge is 0.336 e. The summed E-state index contributed by atoms with van der Waals surface area (Å²) in [6, 6.07) is 7.46. The number of benzene rings is 1. The van der Waals surface area contributed by atoms with E-state index in [4.69, 9.17) is 0 Å². The number of aryl methyl sites for hydroxylation is 3. The van der Waals surface area contributed by atoms with Gasteiger partial charge < -0.3 is 4.90 Å². The summed E-state index contributed by atoms with van der Waals surface area (Å²) in [4.78, 5) is 14.7. The minimum atomic E-state index is -3.62. The maximum absolute atomic E-state index is 13.1. The molecule has 2 aromatic rings. The van der Waals surface area contributed by atoms with E-state index in [-0.39, 0.29) is 19.0 Å². The van der Waals surface area contributed by atoms with E-state index in [0.29, 0.717) is 41.5 Å². The Morgan fingerprint density at radius 2 is 1.78 bits per heavy atom. The molecule has 8 heteroatoms. The van der Waals surface area contributed by atoms with Gasteiger partial charge in [-0.05, 0) is 39.8 Å². The summed E-state index contributed by atoms with van der Waals surface area (Å²) in [5.41, 5.74) is 2.85. The highest BCUT2D eigenvalue weighted by Crippen LogP contribution is 2.25. The molecule has 0 aliphatic carbocycles. The molecule has 0 N–H and O–H groups in total. The molecule has 1 saturated heterocycles. The van der Waals surface area contributed by atoms with Gasteiger partial charge in [-0.25, -0.2) is 8.42 Å². The van der Waals surface area contributed by atoms with Crippen molar-refractivity contribution in [3.63, 3.8) is 0 Å². The van der Waals surface area contributed by atoms with Crippen LogP contribution >= 0.6 is 0 Å². The van der Waals surface area contributed by atoms with Crippen LogP contribution in [0.4, 0.5) is 0 Å². The van der Waals surface area contributed by atoms with E-state index in [2.05, 4.69) is 5.10 Å². The summed E-state index contributed by atoms with van der Waals surface area (Å²) in [5.74, 6) is -0.0538. The van der Waals surface area contributed by atoms with Gasteiger partial charge in [0.2, 0.25) is 10.0 Å². The van der Waals surface area contributed by atoms with Crippen LogP contribution in [-0.4, -0.2) is 59.5 Å². The van der Waals surface area contributed by atoms with Crippen LogP contribution in [0.5, 0.6) is 0 Å². The Balaban J connectivity index is 1.75. The molecule has 146 valence electrons. The van der Waals surface area contributed by atoms with Crippen LogP contribution < -0.4 is 0 Å². The van der Waals surface area contributed by atoms with Gasteiger partial charge in [0.25, 0.3) is 5.91 Å². The molecule has 0 radical (unpaired) electrons. The number of rotatable bonds is 4. The van der Waals surface area contributed by atoms with E-state index in [0.717, 1.165) is 5.56 Å². The third-order valence-corrected chi connectivity index (χ3v) is 7.16. The van der Waals surface area contributed by atoms with Gasteiger partial charge in [0.1, 0.15) is 4.90 Å². The summed E-state index contributed by atoms with van der Waals surface area (Å²) in [5, 5.41) is 4.33. The predicted octanol–water partition coefficient (Wildman–Crippen LogP) is 1.97. The molecule has 1 fully saturated rings. The fourth-order valence-electron chi connectivity index (χ4n) is 3.58. The Morgan fingerprint density at radius 1 is 1.11 bits per heavy atom. The van der Waals surface area contributed by atoms with E-state index in [1.807, 2.05) is 32.0 Å². The standard InChI is InChI=1S/C19H26N4O3S/c1-5-23-16(4)18(15(3)20-23)27(25,26)22-11-9-21(10-12-22)19(24)17-8-6-7-14(2)13-17/h6-8,13H,5,9-12H2,1-4H3. The van der Waals surface area contributed by atoms with Crippen molar-refractivity contribution in [3.8, 4) is 0 Å². The number of sulfonamides is 1. The third kappa shape index (κ3) is 3.64. The molecule has 0 unspecified atom stereocenters. The summed E-state index contributed by atoms with van der Waals surface area (Å²) >= 11 is 0. The van der Waals surface area contributed by atoms with Gasteiger partial charge >= 0.3 is 0 Å². The summed E-state index contributed by atoms with van der Waals surface area (Å²) in [6.07, 6.45) is 0. The van der Waals surface area contributed by atoms with Crippen LogP contribution in [0.3, 0.4) is 0 Å². The van der Waals surface area contributed by atoms with E-state index in [1.54, 1.807) is 29.5 Å². The molecule has 1 aliphatic heterocycles. The van der Waals surface area contributed by atoms with Crippen molar-refractivity contribution in [2.24, 2.45) is 0 Å². The van der Waals surface area contributed by atoms with Crippen molar-refractivity contribution >= 4 is 15.9 Å². The van der Waals surface area contributed by atoms with Crippen LogP contribution in [-0.2, 0) is 16.6 Å². The minimum Gasteiger partial charge on any atom is -0.336 e. The molecule has 27 heavy (non-hydrogen) atoms. The zero-order chi connectivity index (χ0) is 19.8. The molecule has 1 aromatic heterocycles. The van der Waals surface area contributed by atoms with E-state index >= 15 is 0 Å². The maximum atomic E-state index is 13.1. The monoisotopic (exact) mass is 390 g/mol. The SMILES string of the molecule is CCn1nc(C)c(S(=O)(=O)N2CCN(C(=O)c3cccc(C)c3)CC2)c1C. The maximum Gasteiger partial charge on any atom is 0.253 e. The van der Waals surface area contributed by atoms with Gasteiger partial charge in [0.15, 0.2) is 0 Å². The Morgan fingerprint density at radius 3 is 2.33 bits per heavy atom. The quantitative estimate of drug-likeness (QED) is 0.800. The van der Waals surface area contributed by atoms with Crippen molar-refractivity contribution in [2.75, 3.05) is 26.2 Å². The molecule has 1 aromatic carbocycles. The van der Waals surface area contributed by atoms with E-state index in [1.165, 1.54) is 4.31 Å². The van der Waals surface area contributed by atoms with Crippen LogP contribution in [0.25, 0.3) is 0 Å². The molecule has 7 nitrogen and oxygen atoms in total. The van der Waals surface area contributed by atoms with E-state index < -0.39 is 10.0 Å². The average Bonchev–Trinajstić information content (AvgIpc) is 2.95. The zero-order valence-electron chi connectivity index (χ0n) is 16.3. The van der Waals surface area contributed by atoms with E-state index in [9.17, 15) is 13.2 Å². The number of carbonyl (C=O) groups is 1. The van der Waals surface area contributed by atoms with Crippen LogP contribution in [0, 0.1) is 20.8 Å². The molecular weight excluding hydrogens is 364 g/mol. The first kappa shape index (κ1) is 19.6. The second-order valence-electron chi connectivity index (χ2n) is 6.88. The number of piperazine rings is 1. The smallest absolute Gasteiger partial charge is 0.253 e. The van der Waals surface area contributed by atoms with Gasteiger partial charge in [-0.1, -0.05) is 17.7 Å². The van der Waals surface area contributed by atoms with Crippen molar-refractivity contribution in [1.29, 1.82) is 0 Å². The molecule has 3 rings (SSSR count). The minimum absolute atomic E-state index is 0.0538. The highest BCUT2D eigenvalue weighted by molar-refractivity contribution is 7.89. The predicted molar refractivity (Wildman–Crippen MR) is 103 cm³/mol. The van der Waals surface area contributed by atoms with Crippen molar-refractivity contribution in [2.45, 2.75) is 39.1 Å². The molecule has 0 bridgehead atoms. The number of hydrogen-bond acceptors (Lipinski definition) is 4. The first-order chi connectivity index (χ1) is 12.8. The summed E-state index contributed by atoms with van der Waals surface area (Å²) in [6.45, 7) is 9.36. The highest BCUT2D eigenvalue weighted by atomic mass is 32.2. The highest BCUT2D eigenvalue weighted by Gasteiger charge is 2.34. The van der Waals surface area contributed by atoms with Crippen molar-refractivity contribution < 1.29 is 13.2 Å². The molecule has 0 spiro atoms. The van der Waals surface area contributed by atoms with Gasteiger partial charge in [-0.3, -0.25) is 9.48 Å². The Kier molecular flexibility index (Phi) is 5.39. The topological polar surface area (TPSA) is 75.5 Å². The second kappa shape index (κ2) is 7.44. The van der Waals surface area contributed by atoms with Gasteiger partial charge in [0.05, 0.1) is 11.4 Å². The van der Waals surface area contributed by atoms with Crippen LogP contribution in [0.1, 0.15) is 34.2 Å². The first-order valence-electron chi connectivity index (χ1n) is 9.15. The molecule has 1 amide bonds. The fourth-order valence-corrected chi connectivity index (χ4v) is 5.38. The van der Waals surface area contributed by atoms with Gasteiger partial charge in [-0.15, -0.1) is 0 Å². The lowest BCUT2D eigenvalue weighted by atomic mass is 10.1. The average molecular weight is 391 g/mol. The number of amides is 1. The Labute approximate surface area is 160 Å². The molecule has 2 heterocycles. The van der Waals surface area contributed by atoms with Gasteiger partial charge in [-0.2, -0.15) is 9.40 Å². The lowest BCUT2D eigenvalue weighted by Gasteiger charge is -2.34. The third-order valence-electron chi connectivity index (χ3n) is 5.00. The Hall–Kier alpha value is -2.19. The number of aromatic nitrogens is 2. The zero-order valence-corrected chi connectivity index (χ0v) is 17.1. The molecule has 0 atom stereocenters. The lowest BCUT2D eigenvalue weighted by Crippen LogP contribution is -2.50. The Bertz CT molecular complexity index is 957. The first-order valence-corrected chi connectivity index (χ1v) is 10.6. The summed E-state index contributed by atoms with van der Waals surface area (Å²) < 4.78 is 29.4.